The van der Waals surface area contributed by atoms with Crippen LogP contribution < -0.4 is 5.73 Å². The van der Waals surface area contributed by atoms with Gasteiger partial charge in [0.05, 0.1) is 12.5 Å². The fourth-order valence-corrected chi connectivity index (χ4v) is 2.65. The van der Waals surface area contributed by atoms with E-state index >= 15 is 0 Å². The van der Waals surface area contributed by atoms with Crippen molar-refractivity contribution in [1.82, 2.24) is 5.06 Å². The fourth-order valence-electron chi connectivity index (χ4n) is 2.65. The van der Waals surface area contributed by atoms with Crippen molar-refractivity contribution in [2.24, 2.45) is 11.7 Å². The SMILES string of the molecule is CCOC(=O)[C@H](CC)ON1C(=O)CC(C(=O)OCc2ccccc2)C(N)C1=O. The van der Waals surface area contributed by atoms with E-state index in [1.54, 1.807) is 38.1 Å². The zero-order valence-electron chi connectivity index (χ0n) is 15.8. The number of hydrogen-bond donors (Lipinski definition) is 1. The second kappa shape index (κ2) is 9.95. The average Bonchev–Trinajstić information content (AvgIpc) is 2.70. The van der Waals surface area contributed by atoms with E-state index in [2.05, 4.69) is 0 Å². The highest BCUT2D eigenvalue weighted by atomic mass is 16.7. The molecule has 2 amide bonds. The molecular formula is C19H24N2O7. The molecule has 9 nitrogen and oxygen atoms in total. The quantitative estimate of drug-likeness (QED) is 0.506. The molecular weight excluding hydrogens is 368 g/mol. The van der Waals surface area contributed by atoms with E-state index < -0.39 is 41.8 Å². The number of nitrogens with zero attached hydrogens (tertiary/aromatic N) is 1. The second-order valence-corrected chi connectivity index (χ2v) is 6.21. The lowest BCUT2D eigenvalue weighted by molar-refractivity contribution is -0.223. The highest BCUT2D eigenvalue weighted by Gasteiger charge is 2.46. The predicted octanol–water partition coefficient (Wildman–Crippen LogP) is 0.705. The Morgan fingerprint density at radius 2 is 1.86 bits per heavy atom. The highest BCUT2D eigenvalue weighted by Crippen LogP contribution is 2.22. The molecule has 0 spiro atoms. The van der Waals surface area contributed by atoms with Crippen LogP contribution in [0.25, 0.3) is 0 Å². The summed E-state index contributed by atoms with van der Waals surface area (Å²) >= 11 is 0. The molecule has 3 atom stereocenters. The molecule has 0 aromatic heterocycles. The Morgan fingerprint density at radius 3 is 2.46 bits per heavy atom. The van der Waals surface area contributed by atoms with Gasteiger partial charge in [0.2, 0.25) is 0 Å². The molecule has 2 unspecified atom stereocenters. The van der Waals surface area contributed by atoms with E-state index in [9.17, 15) is 19.2 Å². The molecule has 1 fully saturated rings. The molecule has 0 bridgehead atoms. The normalized spacial score (nSPS) is 20.6. The molecule has 0 saturated carbocycles. The molecule has 1 saturated heterocycles. The number of benzene rings is 1. The van der Waals surface area contributed by atoms with Crippen LogP contribution in [0.1, 0.15) is 32.3 Å². The number of nitrogens with two attached hydrogens (primary N) is 1. The number of carbonyl (C=O) groups excluding carboxylic acids is 4. The maximum Gasteiger partial charge on any atom is 0.338 e. The largest absolute Gasteiger partial charge is 0.464 e. The summed E-state index contributed by atoms with van der Waals surface area (Å²) in [6.45, 7) is 3.41. The second-order valence-electron chi connectivity index (χ2n) is 6.21. The third-order valence-corrected chi connectivity index (χ3v) is 4.22. The predicted molar refractivity (Wildman–Crippen MR) is 96.0 cm³/mol. The van der Waals surface area contributed by atoms with E-state index in [1.165, 1.54) is 0 Å². The Kier molecular flexibility index (Phi) is 7.65. The van der Waals surface area contributed by atoms with Gasteiger partial charge in [-0.25, -0.2) is 9.63 Å². The summed E-state index contributed by atoms with van der Waals surface area (Å²) in [5.74, 6) is -4.22. The fraction of sp³-hybridized carbons (Fsp3) is 0.474. The van der Waals surface area contributed by atoms with E-state index in [4.69, 9.17) is 20.0 Å². The Labute approximate surface area is 162 Å². The molecule has 1 aromatic carbocycles. The van der Waals surface area contributed by atoms with E-state index in [-0.39, 0.29) is 26.1 Å². The lowest BCUT2D eigenvalue weighted by atomic mass is 9.92. The third kappa shape index (κ3) is 5.14. The van der Waals surface area contributed by atoms with Crippen molar-refractivity contribution in [3.8, 4) is 0 Å². The first-order valence-corrected chi connectivity index (χ1v) is 9.05. The first-order chi connectivity index (χ1) is 13.4. The molecule has 2 rings (SSSR count). The topological polar surface area (TPSA) is 125 Å². The third-order valence-electron chi connectivity index (χ3n) is 4.22. The first-order valence-electron chi connectivity index (χ1n) is 9.05. The number of amides is 2. The van der Waals surface area contributed by atoms with E-state index in [0.29, 0.717) is 5.06 Å². The smallest absolute Gasteiger partial charge is 0.338 e. The number of ether oxygens (including phenoxy) is 2. The molecule has 9 heteroatoms. The monoisotopic (exact) mass is 392 g/mol. The van der Waals surface area contributed by atoms with Crippen molar-refractivity contribution < 1.29 is 33.5 Å². The number of hydrogen-bond acceptors (Lipinski definition) is 8. The zero-order chi connectivity index (χ0) is 20.7. The minimum atomic E-state index is -1.32. The van der Waals surface area contributed by atoms with Crippen molar-refractivity contribution in [3.05, 3.63) is 35.9 Å². The van der Waals surface area contributed by atoms with Gasteiger partial charge in [0.25, 0.3) is 11.8 Å². The van der Waals surface area contributed by atoms with Gasteiger partial charge >= 0.3 is 11.9 Å². The number of esters is 2. The van der Waals surface area contributed by atoms with Gasteiger partial charge in [-0.15, -0.1) is 0 Å². The van der Waals surface area contributed by atoms with E-state index in [1.807, 2.05) is 6.07 Å². The van der Waals surface area contributed by atoms with Gasteiger partial charge in [0.1, 0.15) is 12.6 Å². The lowest BCUT2D eigenvalue weighted by Crippen LogP contribution is -2.58. The standard InChI is InChI=1S/C19H24N2O7/c1-3-14(19(25)26-4-2)28-21-15(22)10-13(16(20)17(21)23)18(24)27-11-12-8-6-5-7-9-12/h5-9,13-14,16H,3-4,10-11,20H2,1-2H3/t13?,14-,16?/m0/s1. The van der Waals surface area contributed by atoms with Gasteiger partial charge in [-0.3, -0.25) is 14.4 Å². The summed E-state index contributed by atoms with van der Waals surface area (Å²) in [4.78, 5) is 54.2. The maximum absolute atomic E-state index is 12.5. The van der Waals surface area contributed by atoms with Crippen LogP contribution in [-0.2, 0) is 40.1 Å². The number of piperidine rings is 1. The average molecular weight is 392 g/mol. The molecule has 2 N–H and O–H groups in total. The van der Waals surface area contributed by atoms with Crippen molar-refractivity contribution in [1.29, 1.82) is 0 Å². The van der Waals surface area contributed by atoms with Gasteiger partial charge in [0, 0.05) is 6.42 Å². The molecule has 1 heterocycles. The highest BCUT2D eigenvalue weighted by molar-refractivity contribution is 6.03. The van der Waals surface area contributed by atoms with Crippen LogP contribution >= 0.6 is 0 Å². The number of carbonyl (C=O) groups is 4. The van der Waals surface area contributed by atoms with Crippen LogP contribution in [0.15, 0.2) is 30.3 Å². The van der Waals surface area contributed by atoms with Crippen LogP contribution in [0.4, 0.5) is 0 Å². The molecule has 0 radical (unpaired) electrons. The first kappa shape index (κ1) is 21.5. The Balaban J connectivity index is 2.00. The Bertz CT molecular complexity index is 722. The van der Waals surface area contributed by atoms with Gasteiger partial charge in [-0.2, -0.15) is 5.06 Å². The molecule has 28 heavy (non-hydrogen) atoms. The van der Waals surface area contributed by atoms with Crippen LogP contribution in [0.2, 0.25) is 0 Å². The minimum Gasteiger partial charge on any atom is -0.464 e. The van der Waals surface area contributed by atoms with Gasteiger partial charge in [-0.1, -0.05) is 37.3 Å². The van der Waals surface area contributed by atoms with Crippen molar-refractivity contribution in [2.45, 2.75) is 45.4 Å². The van der Waals surface area contributed by atoms with Gasteiger partial charge in [-0.05, 0) is 18.9 Å². The van der Waals surface area contributed by atoms with Crippen molar-refractivity contribution >= 4 is 23.8 Å². The summed E-state index contributed by atoms with van der Waals surface area (Å²) in [5.41, 5.74) is 6.62. The minimum absolute atomic E-state index is 0.00621. The summed E-state index contributed by atoms with van der Waals surface area (Å²) in [5, 5.41) is 0.455. The maximum atomic E-state index is 12.5. The van der Waals surface area contributed by atoms with Crippen LogP contribution in [0, 0.1) is 5.92 Å². The lowest BCUT2D eigenvalue weighted by Gasteiger charge is -2.33. The number of hydroxylamine groups is 2. The summed E-state index contributed by atoms with van der Waals surface area (Å²) in [7, 11) is 0. The van der Waals surface area contributed by atoms with Crippen molar-refractivity contribution in [2.75, 3.05) is 6.61 Å². The molecule has 1 aliphatic heterocycles. The van der Waals surface area contributed by atoms with Crippen LogP contribution in [0.3, 0.4) is 0 Å². The molecule has 1 aromatic rings. The molecule has 0 aliphatic carbocycles. The summed E-state index contributed by atoms with van der Waals surface area (Å²) in [6.07, 6.45) is -1.30. The van der Waals surface area contributed by atoms with Gasteiger partial charge in [0.15, 0.2) is 6.10 Å². The van der Waals surface area contributed by atoms with Crippen LogP contribution in [-0.4, -0.2) is 47.6 Å². The van der Waals surface area contributed by atoms with E-state index in [0.717, 1.165) is 5.56 Å². The molecule has 1 aliphatic rings. The van der Waals surface area contributed by atoms with Crippen LogP contribution in [0.5, 0.6) is 0 Å². The van der Waals surface area contributed by atoms with Crippen molar-refractivity contribution in [3.63, 3.8) is 0 Å². The Morgan fingerprint density at radius 1 is 1.18 bits per heavy atom. The number of imide groups is 1. The zero-order valence-corrected chi connectivity index (χ0v) is 15.8. The number of rotatable bonds is 8. The Hall–Kier alpha value is -2.78. The summed E-state index contributed by atoms with van der Waals surface area (Å²) < 4.78 is 10.0. The van der Waals surface area contributed by atoms with Gasteiger partial charge < -0.3 is 15.2 Å². The molecule has 152 valence electrons. The summed E-state index contributed by atoms with van der Waals surface area (Å²) in [6, 6.07) is 7.66.